The maximum Gasteiger partial charge on any atom is 0.269 e. The number of nitrogens with zero attached hydrogens (tertiary/aromatic N) is 1. The van der Waals surface area contributed by atoms with E-state index in [1.165, 1.54) is 12.1 Å². The molecule has 0 saturated carbocycles. The summed E-state index contributed by atoms with van der Waals surface area (Å²) in [7, 11) is 0. The Labute approximate surface area is 168 Å². The van der Waals surface area contributed by atoms with E-state index < -0.39 is 4.92 Å². The Morgan fingerprint density at radius 2 is 1.76 bits per heavy atom. The summed E-state index contributed by atoms with van der Waals surface area (Å²) in [5.74, 6) is 0.357. The standard InChI is InChI=1S/C22H21N3O4/c1-16-5-4-7-19(13-16)24-22(26)15-29-21-8-3-2-6-17(21)14-23-18-9-11-20(12-10-18)25(27)28/h2-13,23H,14-15H2,1H3,(H,24,26). The van der Waals surface area contributed by atoms with Crippen LogP contribution in [0, 0.1) is 17.0 Å². The van der Waals surface area contributed by atoms with Crippen LogP contribution < -0.4 is 15.4 Å². The Morgan fingerprint density at radius 1 is 1.00 bits per heavy atom. The van der Waals surface area contributed by atoms with Crippen LogP contribution in [0.2, 0.25) is 0 Å². The minimum Gasteiger partial charge on any atom is -0.483 e. The molecule has 0 aliphatic heterocycles. The number of carbonyl (C=O) groups is 1. The Morgan fingerprint density at radius 3 is 2.48 bits per heavy atom. The maximum atomic E-state index is 12.2. The second-order valence-electron chi connectivity index (χ2n) is 6.47. The first kappa shape index (κ1) is 19.9. The SMILES string of the molecule is Cc1cccc(NC(=O)COc2ccccc2CNc2ccc([N+](=O)[O-])cc2)c1. The molecular weight excluding hydrogens is 370 g/mol. The fourth-order valence-electron chi connectivity index (χ4n) is 2.75. The fraction of sp³-hybridized carbons (Fsp3) is 0.136. The van der Waals surface area contributed by atoms with Gasteiger partial charge in [-0.05, 0) is 42.8 Å². The molecule has 3 aromatic rings. The van der Waals surface area contributed by atoms with Crippen molar-refractivity contribution in [1.29, 1.82) is 0 Å². The third-order valence-electron chi connectivity index (χ3n) is 4.19. The highest BCUT2D eigenvalue weighted by Gasteiger charge is 2.08. The molecule has 0 fully saturated rings. The molecule has 0 unspecified atom stereocenters. The smallest absolute Gasteiger partial charge is 0.269 e. The van der Waals surface area contributed by atoms with Crippen molar-refractivity contribution in [3.05, 3.63) is 94.0 Å². The Hall–Kier alpha value is -3.87. The zero-order chi connectivity index (χ0) is 20.6. The summed E-state index contributed by atoms with van der Waals surface area (Å²) in [6.45, 7) is 2.30. The first-order chi connectivity index (χ1) is 14.0. The number of non-ortho nitro benzene ring substituents is 1. The summed E-state index contributed by atoms with van der Waals surface area (Å²) in [4.78, 5) is 22.5. The number of rotatable bonds is 8. The first-order valence-corrected chi connectivity index (χ1v) is 9.07. The number of anilines is 2. The Bertz CT molecular complexity index is 1000. The number of amides is 1. The van der Waals surface area contributed by atoms with Crippen LogP contribution in [0.1, 0.15) is 11.1 Å². The lowest BCUT2D eigenvalue weighted by molar-refractivity contribution is -0.384. The molecule has 29 heavy (non-hydrogen) atoms. The van der Waals surface area contributed by atoms with E-state index in [-0.39, 0.29) is 18.2 Å². The van der Waals surface area contributed by atoms with Crippen LogP contribution >= 0.6 is 0 Å². The average Bonchev–Trinajstić information content (AvgIpc) is 2.71. The summed E-state index contributed by atoms with van der Waals surface area (Å²) in [6, 6.07) is 21.2. The summed E-state index contributed by atoms with van der Waals surface area (Å²) >= 11 is 0. The van der Waals surface area contributed by atoms with Gasteiger partial charge in [-0.3, -0.25) is 14.9 Å². The van der Waals surface area contributed by atoms with Gasteiger partial charge in [0.1, 0.15) is 5.75 Å². The van der Waals surface area contributed by atoms with Crippen molar-refractivity contribution in [2.75, 3.05) is 17.2 Å². The van der Waals surface area contributed by atoms with Gasteiger partial charge >= 0.3 is 0 Å². The van der Waals surface area contributed by atoms with E-state index in [0.717, 1.165) is 22.5 Å². The van der Waals surface area contributed by atoms with Gasteiger partial charge in [0.2, 0.25) is 0 Å². The van der Waals surface area contributed by atoms with Crippen molar-refractivity contribution >= 4 is 23.0 Å². The normalized spacial score (nSPS) is 10.2. The third-order valence-corrected chi connectivity index (χ3v) is 4.19. The number of para-hydroxylation sites is 1. The van der Waals surface area contributed by atoms with Crippen LogP contribution in [0.5, 0.6) is 5.75 Å². The highest BCUT2D eigenvalue weighted by molar-refractivity contribution is 5.91. The molecule has 7 nitrogen and oxygen atoms in total. The second kappa shape index (κ2) is 9.36. The van der Waals surface area contributed by atoms with Crippen molar-refractivity contribution in [2.45, 2.75) is 13.5 Å². The molecule has 0 aromatic heterocycles. The van der Waals surface area contributed by atoms with Crippen LogP contribution in [0.4, 0.5) is 17.1 Å². The van der Waals surface area contributed by atoms with E-state index in [9.17, 15) is 14.9 Å². The lowest BCUT2D eigenvalue weighted by Crippen LogP contribution is -2.20. The van der Waals surface area contributed by atoms with Gasteiger partial charge in [0.15, 0.2) is 6.61 Å². The topological polar surface area (TPSA) is 93.5 Å². The molecule has 0 spiro atoms. The van der Waals surface area contributed by atoms with Crippen molar-refractivity contribution < 1.29 is 14.5 Å². The predicted octanol–water partition coefficient (Wildman–Crippen LogP) is 4.53. The molecule has 0 aliphatic rings. The molecule has 0 aliphatic carbocycles. The number of hydrogen-bond acceptors (Lipinski definition) is 5. The monoisotopic (exact) mass is 391 g/mol. The van der Waals surface area contributed by atoms with Crippen molar-refractivity contribution in [2.24, 2.45) is 0 Å². The lowest BCUT2D eigenvalue weighted by atomic mass is 10.2. The van der Waals surface area contributed by atoms with E-state index in [2.05, 4.69) is 10.6 Å². The van der Waals surface area contributed by atoms with Gasteiger partial charge in [0, 0.05) is 35.6 Å². The number of aryl methyl sites for hydroxylation is 1. The Kier molecular flexibility index (Phi) is 6.42. The van der Waals surface area contributed by atoms with Gasteiger partial charge < -0.3 is 15.4 Å². The average molecular weight is 391 g/mol. The van der Waals surface area contributed by atoms with Crippen LogP contribution in [0.3, 0.4) is 0 Å². The van der Waals surface area contributed by atoms with Crippen molar-refractivity contribution in [3.63, 3.8) is 0 Å². The summed E-state index contributed by atoms with van der Waals surface area (Å²) in [5.41, 5.74) is 3.45. The number of benzene rings is 3. The van der Waals surface area contributed by atoms with Gasteiger partial charge in [-0.1, -0.05) is 30.3 Å². The van der Waals surface area contributed by atoms with Crippen LogP contribution in [0.25, 0.3) is 0 Å². The molecular formula is C22H21N3O4. The third kappa shape index (κ3) is 5.80. The van der Waals surface area contributed by atoms with Gasteiger partial charge in [0.05, 0.1) is 4.92 Å². The minimum absolute atomic E-state index is 0.0407. The molecule has 0 heterocycles. The van der Waals surface area contributed by atoms with Gasteiger partial charge in [-0.25, -0.2) is 0 Å². The van der Waals surface area contributed by atoms with Gasteiger partial charge in [-0.2, -0.15) is 0 Å². The molecule has 2 N–H and O–H groups in total. The summed E-state index contributed by atoms with van der Waals surface area (Å²) in [6.07, 6.45) is 0. The highest BCUT2D eigenvalue weighted by Crippen LogP contribution is 2.21. The highest BCUT2D eigenvalue weighted by atomic mass is 16.6. The molecule has 3 aromatic carbocycles. The number of nitro benzene ring substituents is 1. The zero-order valence-electron chi connectivity index (χ0n) is 15.9. The van der Waals surface area contributed by atoms with Gasteiger partial charge in [0.25, 0.3) is 11.6 Å². The number of ether oxygens (including phenoxy) is 1. The molecule has 7 heteroatoms. The minimum atomic E-state index is -0.436. The van der Waals surface area contributed by atoms with Crippen molar-refractivity contribution in [1.82, 2.24) is 0 Å². The molecule has 0 atom stereocenters. The molecule has 1 amide bonds. The number of hydrogen-bond donors (Lipinski definition) is 2. The van der Waals surface area contributed by atoms with E-state index in [4.69, 9.17) is 4.74 Å². The number of carbonyl (C=O) groups excluding carboxylic acids is 1. The van der Waals surface area contributed by atoms with Crippen molar-refractivity contribution in [3.8, 4) is 5.75 Å². The van der Waals surface area contributed by atoms with E-state index in [0.29, 0.717) is 12.3 Å². The van der Waals surface area contributed by atoms with Gasteiger partial charge in [-0.15, -0.1) is 0 Å². The number of nitro groups is 1. The zero-order valence-corrected chi connectivity index (χ0v) is 15.9. The maximum absolute atomic E-state index is 12.2. The van der Waals surface area contributed by atoms with E-state index in [1.807, 2.05) is 49.4 Å². The molecule has 0 saturated heterocycles. The molecule has 0 bridgehead atoms. The second-order valence-corrected chi connectivity index (χ2v) is 6.47. The van der Waals surface area contributed by atoms with E-state index in [1.54, 1.807) is 18.2 Å². The molecule has 0 radical (unpaired) electrons. The van der Waals surface area contributed by atoms with Crippen LogP contribution in [-0.2, 0) is 11.3 Å². The largest absolute Gasteiger partial charge is 0.483 e. The quantitative estimate of drug-likeness (QED) is 0.435. The predicted molar refractivity (Wildman–Crippen MR) is 112 cm³/mol. The Balaban J connectivity index is 1.57. The fourth-order valence-corrected chi connectivity index (χ4v) is 2.75. The summed E-state index contributed by atoms with van der Waals surface area (Å²) in [5, 5.41) is 16.7. The van der Waals surface area contributed by atoms with E-state index >= 15 is 0 Å². The van der Waals surface area contributed by atoms with Crippen LogP contribution in [-0.4, -0.2) is 17.4 Å². The lowest BCUT2D eigenvalue weighted by Gasteiger charge is -2.13. The number of nitrogens with one attached hydrogen (secondary N) is 2. The first-order valence-electron chi connectivity index (χ1n) is 9.07. The molecule has 148 valence electrons. The molecule has 3 rings (SSSR count). The van der Waals surface area contributed by atoms with Crippen LogP contribution in [0.15, 0.2) is 72.8 Å². The summed E-state index contributed by atoms with van der Waals surface area (Å²) < 4.78 is 5.70.